The maximum absolute atomic E-state index is 5.81. The molecule has 0 fully saturated rings. The minimum Gasteiger partial charge on any atom is -0.481 e. The van der Waals surface area contributed by atoms with E-state index < -0.39 is 0 Å². The van der Waals surface area contributed by atoms with Crippen LogP contribution < -0.4 is 10.5 Å². The van der Waals surface area contributed by atoms with Gasteiger partial charge in [0.1, 0.15) is 0 Å². The molecule has 0 amide bonds. The molecule has 0 saturated heterocycles. The van der Waals surface area contributed by atoms with E-state index in [0.717, 1.165) is 10.7 Å². The topological polar surface area (TPSA) is 78.8 Å². The van der Waals surface area contributed by atoms with Gasteiger partial charge in [-0.2, -0.15) is 0 Å². The Labute approximate surface area is 116 Å². The van der Waals surface area contributed by atoms with Gasteiger partial charge in [-0.15, -0.1) is 10.2 Å². The molecule has 6 nitrogen and oxygen atoms in total. The highest BCUT2D eigenvalue weighted by Crippen LogP contribution is 2.28. The Morgan fingerprint density at radius 3 is 2.89 bits per heavy atom. The number of nitrogen functional groups attached to an aromatic ring is 1. The second-order valence-electron chi connectivity index (χ2n) is 4.27. The van der Waals surface area contributed by atoms with Crippen molar-refractivity contribution >= 4 is 17.7 Å². The molecule has 0 aromatic carbocycles. The Morgan fingerprint density at radius 1 is 1.42 bits per heavy atom. The van der Waals surface area contributed by atoms with Crippen molar-refractivity contribution in [2.24, 2.45) is 0 Å². The predicted octanol–water partition coefficient (Wildman–Crippen LogP) is 2.14. The van der Waals surface area contributed by atoms with Crippen LogP contribution in [-0.2, 0) is 5.75 Å². The smallest absolute Gasteiger partial charge is 0.222 e. The van der Waals surface area contributed by atoms with Gasteiger partial charge in [-0.1, -0.05) is 17.8 Å². The van der Waals surface area contributed by atoms with Crippen molar-refractivity contribution in [2.45, 2.75) is 30.8 Å². The molecule has 0 saturated carbocycles. The minimum atomic E-state index is 0.230. The third-order valence-electron chi connectivity index (χ3n) is 2.61. The molecule has 0 radical (unpaired) electrons. The number of pyridine rings is 1. The molecule has 0 aliphatic rings. The lowest BCUT2D eigenvalue weighted by atomic mass is 10.3. The van der Waals surface area contributed by atoms with Crippen molar-refractivity contribution in [3.05, 3.63) is 23.9 Å². The molecule has 0 aliphatic carbocycles. The Balaban J connectivity index is 2.15. The van der Waals surface area contributed by atoms with Crippen LogP contribution in [0, 0.1) is 0 Å². The summed E-state index contributed by atoms with van der Waals surface area (Å²) in [7, 11) is 1.62. The fourth-order valence-electron chi connectivity index (χ4n) is 1.73. The molecular weight excluding hydrogens is 262 g/mol. The Morgan fingerprint density at radius 2 is 2.21 bits per heavy atom. The van der Waals surface area contributed by atoms with Crippen LogP contribution in [-0.4, -0.2) is 26.9 Å². The molecular formula is C12H17N5OS. The van der Waals surface area contributed by atoms with Crippen LogP contribution >= 0.6 is 11.8 Å². The van der Waals surface area contributed by atoms with Gasteiger partial charge in [0.05, 0.1) is 7.11 Å². The summed E-state index contributed by atoms with van der Waals surface area (Å²) in [6, 6.07) is 4.10. The van der Waals surface area contributed by atoms with E-state index in [9.17, 15) is 0 Å². The number of hydrogen-bond donors (Lipinski definition) is 1. The number of ether oxygens (including phenoxy) is 1. The standard InChI is InChI=1S/C12H17N5OS/c1-8(2)17-11(13)15-16-12(17)19-7-9-5-4-6-14-10(9)18-3/h4-6,8H,7H2,1-3H3,(H2,13,15). The van der Waals surface area contributed by atoms with E-state index in [1.165, 1.54) is 0 Å². The van der Waals surface area contributed by atoms with E-state index in [0.29, 0.717) is 17.6 Å². The highest BCUT2D eigenvalue weighted by atomic mass is 32.2. The molecule has 0 spiro atoms. The first kappa shape index (κ1) is 13.7. The average molecular weight is 279 g/mol. The van der Waals surface area contributed by atoms with Crippen molar-refractivity contribution in [1.29, 1.82) is 0 Å². The molecule has 7 heteroatoms. The lowest BCUT2D eigenvalue weighted by molar-refractivity contribution is 0.394. The van der Waals surface area contributed by atoms with Gasteiger partial charge in [-0.25, -0.2) is 4.98 Å². The van der Waals surface area contributed by atoms with Gasteiger partial charge in [0.15, 0.2) is 5.16 Å². The minimum absolute atomic E-state index is 0.230. The number of rotatable bonds is 5. The summed E-state index contributed by atoms with van der Waals surface area (Å²) in [5.41, 5.74) is 6.83. The molecule has 0 unspecified atom stereocenters. The van der Waals surface area contributed by atoms with Gasteiger partial charge in [0.2, 0.25) is 11.8 Å². The molecule has 19 heavy (non-hydrogen) atoms. The van der Waals surface area contributed by atoms with Crippen molar-refractivity contribution < 1.29 is 4.74 Å². The lowest BCUT2D eigenvalue weighted by Gasteiger charge is -2.11. The molecule has 2 aromatic heterocycles. The summed E-state index contributed by atoms with van der Waals surface area (Å²) in [4.78, 5) is 4.17. The number of thioether (sulfide) groups is 1. The Kier molecular flexibility index (Phi) is 4.26. The quantitative estimate of drug-likeness (QED) is 0.845. The summed E-state index contributed by atoms with van der Waals surface area (Å²) in [6.45, 7) is 4.10. The summed E-state index contributed by atoms with van der Waals surface area (Å²) in [6.07, 6.45) is 1.71. The molecule has 2 heterocycles. The van der Waals surface area contributed by atoms with E-state index in [2.05, 4.69) is 29.0 Å². The molecule has 0 aliphatic heterocycles. The number of anilines is 1. The second-order valence-corrected chi connectivity index (χ2v) is 5.21. The van der Waals surface area contributed by atoms with E-state index in [-0.39, 0.29) is 6.04 Å². The Hall–Kier alpha value is -1.76. The third kappa shape index (κ3) is 2.98. The highest BCUT2D eigenvalue weighted by molar-refractivity contribution is 7.98. The number of aromatic nitrogens is 4. The lowest BCUT2D eigenvalue weighted by Crippen LogP contribution is -2.07. The number of nitrogens with zero attached hydrogens (tertiary/aromatic N) is 4. The Bertz CT molecular complexity index is 555. The summed E-state index contributed by atoms with van der Waals surface area (Å²) in [5, 5.41) is 8.82. The number of nitrogens with two attached hydrogens (primary N) is 1. The molecule has 2 N–H and O–H groups in total. The first-order chi connectivity index (χ1) is 9.13. The average Bonchev–Trinajstić information content (AvgIpc) is 2.78. The van der Waals surface area contributed by atoms with E-state index in [4.69, 9.17) is 10.5 Å². The number of methoxy groups -OCH3 is 1. The normalized spacial score (nSPS) is 10.9. The predicted molar refractivity (Wildman–Crippen MR) is 75.2 cm³/mol. The van der Waals surface area contributed by atoms with E-state index in [1.807, 2.05) is 16.7 Å². The monoisotopic (exact) mass is 279 g/mol. The van der Waals surface area contributed by atoms with Crippen molar-refractivity contribution in [3.8, 4) is 5.88 Å². The third-order valence-corrected chi connectivity index (χ3v) is 3.60. The zero-order valence-electron chi connectivity index (χ0n) is 11.2. The first-order valence-corrected chi connectivity index (χ1v) is 6.93. The first-order valence-electron chi connectivity index (χ1n) is 5.94. The summed E-state index contributed by atoms with van der Waals surface area (Å²) in [5.74, 6) is 1.79. The zero-order chi connectivity index (χ0) is 13.8. The van der Waals surface area contributed by atoms with Gasteiger partial charge in [0.25, 0.3) is 0 Å². The van der Waals surface area contributed by atoms with Crippen LogP contribution in [0.1, 0.15) is 25.5 Å². The molecule has 2 aromatic rings. The molecule has 102 valence electrons. The van der Waals surface area contributed by atoms with Crippen LogP contribution in [0.5, 0.6) is 5.88 Å². The summed E-state index contributed by atoms with van der Waals surface area (Å²) < 4.78 is 7.13. The van der Waals surface area contributed by atoms with Crippen LogP contribution in [0.15, 0.2) is 23.5 Å². The van der Waals surface area contributed by atoms with Gasteiger partial charge < -0.3 is 10.5 Å². The van der Waals surface area contributed by atoms with Gasteiger partial charge in [-0.05, 0) is 19.9 Å². The van der Waals surface area contributed by atoms with Gasteiger partial charge in [-0.3, -0.25) is 4.57 Å². The van der Waals surface area contributed by atoms with Crippen LogP contribution in [0.2, 0.25) is 0 Å². The second kappa shape index (κ2) is 5.92. The van der Waals surface area contributed by atoms with Gasteiger partial charge in [0, 0.05) is 23.6 Å². The van der Waals surface area contributed by atoms with Crippen molar-refractivity contribution in [1.82, 2.24) is 19.7 Å². The maximum atomic E-state index is 5.81. The highest BCUT2D eigenvalue weighted by Gasteiger charge is 2.14. The van der Waals surface area contributed by atoms with E-state index in [1.54, 1.807) is 25.1 Å². The number of hydrogen-bond acceptors (Lipinski definition) is 6. The van der Waals surface area contributed by atoms with Crippen LogP contribution in [0.4, 0.5) is 5.95 Å². The van der Waals surface area contributed by atoms with Crippen molar-refractivity contribution in [3.63, 3.8) is 0 Å². The van der Waals surface area contributed by atoms with Gasteiger partial charge >= 0.3 is 0 Å². The maximum Gasteiger partial charge on any atom is 0.222 e. The SMILES string of the molecule is COc1ncccc1CSc1nnc(N)n1C(C)C. The summed E-state index contributed by atoms with van der Waals surface area (Å²) >= 11 is 1.57. The zero-order valence-corrected chi connectivity index (χ0v) is 12.0. The molecule has 0 bridgehead atoms. The molecule has 2 rings (SSSR count). The molecule has 0 atom stereocenters. The van der Waals surface area contributed by atoms with Crippen molar-refractivity contribution in [2.75, 3.05) is 12.8 Å². The van der Waals surface area contributed by atoms with E-state index >= 15 is 0 Å². The fourth-order valence-corrected chi connectivity index (χ4v) is 2.78. The largest absolute Gasteiger partial charge is 0.481 e. The fraction of sp³-hybridized carbons (Fsp3) is 0.417. The van der Waals surface area contributed by atoms with Crippen LogP contribution in [0.3, 0.4) is 0 Å². The van der Waals surface area contributed by atoms with Crippen LogP contribution in [0.25, 0.3) is 0 Å².